The van der Waals surface area contributed by atoms with Crippen LogP contribution in [0.15, 0.2) is 24.3 Å². The highest BCUT2D eigenvalue weighted by atomic mass is 35.5. The largest absolute Gasteiger partial charge is 0.325 e. The Morgan fingerprint density at radius 2 is 1.94 bits per heavy atom. The van der Waals surface area contributed by atoms with Crippen LogP contribution in [0.2, 0.25) is 5.02 Å². The maximum atomic E-state index is 11.7. The second-order valence-electron chi connectivity index (χ2n) is 3.80. The molecule has 0 spiro atoms. The zero-order valence-electron chi connectivity index (χ0n) is 10.4. The third-order valence-electron chi connectivity index (χ3n) is 2.70. The van der Waals surface area contributed by atoms with Gasteiger partial charge < -0.3 is 10.2 Å². The summed E-state index contributed by atoms with van der Waals surface area (Å²) in [6, 6.07) is 7.26. The molecule has 0 aliphatic rings. The summed E-state index contributed by atoms with van der Waals surface area (Å²) >= 11 is 5.96. The molecule has 1 aromatic carbocycles. The molecular weight excluding hydrogens is 236 g/mol. The predicted molar refractivity (Wildman–Crippen MR) is 72.5 cm³/mol. The van der Waals surface area contributed by atoms with E-state index in [2.05, 4.69) is 24.1 Å². The van der Waals surface area contributed by atoms with Gasteiger partial charge in [0.05, 0.1) is 10.7 Å². The minimum absolute atomic E-state index is 0.00463. The van der Waals surface area contributed by atoms with Crippen molar-refractivity contribution in [1.29, 1.82) is 0 Å². The molecule has 17 heavy (non-hydrogen) atoms. The maximum Gasteiger partial charge on any atom is 0.225 e. The minimum atomic E-state index is 0.00463. The Morgan fingerprint density at radius 1 is 1.29 bits per heavy atom. The van der Waals surface area contributed by atoms with Gasteiger partial charge in [0.2, 0.25) is 5.91 Å². The highest BCUT2D eigenvalue weighted by molar-refractivity contribution is 6.33. The molecule has 1 rings (SSSR count). The lowest BCUT2D eigenvalue weighted by Gasteiger charge is -2.17. The van der Waals surface area contributed by atoms with E-state index < -0.39 is 0 Å². The first kappa shape index (κ1) is 14.0. The molecule has 0 saturated carbocycles. The van der Waals surface area contributed by atoms with Crippen LogP contribution in [0.3, 0.4) is 0 Å². The fourth-order valence-electron chi connectivity index (χ4n) is 1.57. The number of carbonyl (C=O) groups is 1. The molecule has 0 heterocycles. The SMILES string of the molecule is CCN(CC)CCC(=O)Nc1ccccc1Cl. The van der Waals surface area contributed by atoms with Gasteiger partial charge in [0.25, 0.3) is 0 Å². The molecule has 0 fully saturated rings. The van der Waals surface area contributed by atoms with Gasteiger partial charge in [-0.1, -0.05) is 37.6 Å². The summed E-state index contributed by atoms with van der Waals surface area (Å²) in [6.45, 7) is 6.90. The van der Waals surface area contributed by atoms with E-state index in [1.807, 2.05) is 12.1 Å². The van der Waals surface area contributed by atoms with E-state index in [-0.39, 0.29) is 5.91 Å². The summed E-state index contributed by atoms with van der Waals surface area (Å²) in [4.78, 5) is 13.9. The molecule has 4 heteroatoms. The Hall–Kier alpha value is -1.06. The topological polar surface area (TPSA) is 32.3 Å². The molecule has 0 radical (unpaired) electrons. The quantitative estimate of drug-likeness (QED) is 0.846. The van der Waals surface area contributed by atoms with Crippen molar-refractivity contribution in [2.24, 2.45) is 0 Å². The predicted octanol–water partition coefficient (Wildman–Crippen LogP) is 3.01. The van der Waals surface area contributed by atoms with Gasteiger partial charge in [0, 0.05) is 13.0 Å². The summed E-state index contributed by atoms with van der Waals surface area (Å²) in [5, 5.41) is 3.39. The number of hydrogen-bond donors (Lipinski definition) is 1. The van der Waals surface area contributed by atoms with Gasteiger partial charge in [0.15, 0.2) is 0 Å². The zero-order valence-corrected chi connectivity index (χ0v) is 11.1. The Labute approximate surface area is 108 Å². The average molecular weight is 255 g/mol. The van der Waals surface area contributed by atoms with Crippen LogP contribution in [0.5, 0.6) is 0 Å². The summed E-state index contributed by atoms with van der Waals surface area (Å²) in [6.07, 6.45) is 0.493. The van der Waals surface area contributed by atoms with Crippen LogP contribution in [0.25, 0.3) is 0 Å². The van der Waals surface area contributed by atoms with Crippen molar-refractivity contribution in [3.05, 3.63) is 29.3 Å². The van der Waals surface area contributed by atoms with Crippen LogP contribution in [-0.2, 0) is 4.79 Å². The number of halogens is 1. The van der Waals surface area contributed by atoms with Gasteiger partial charge in [-0.15, -0.1) is 0 Å². The molecule has 0 aliphatic heterocycles. The van der Waals surface area contributed by atoms with Crippen molar-refractivity contribution < 1.29 is 4.79 Å². The number of nitrogens with one attached hydrogen (secondary N) is 1. The molecule has 0 atom stereocenters. The van der Waals surface area contributed by atoms with Gasteiger partial charge in [-0.25, -0.2) is 0 Å². The Bertz CT molecular complexity index is 364. The maximum absolute atomic E-state index is 11.7. The smallest absolute Gasteiger partial charge is 0.225 e. The fourth-order valence-corrected chi connectivity index (χ4v) is 1.76. The molecular formula is C13H19ClN2O. The molecule has 1 N–H and O–H groups in total. The first-order chi connectivity index (χ1) is 8.17. The van der Waals surface area contributed by atoms with Crippen molar-refractivity contribution in [3.8, 4) is 0 Å². The van der Waals surface area contributed by atoms with Gasteiger partial charge in [-0.3, -0.25) is 4.79 Å². The lowest BCUT2D eigenvalue weighted by atomic mass is 10.3. The van der Waals surface area contributed by atoms with Gasteiger partial charge in [-0.2, -0.15) is 0 Å². The van der Waals surface area contributed by atoms with E-state index >= 15 is 0 Å². The van der Waals surface area contributed by atoms with E-state index in [1.165, 1.54) is 0 Å². The summed E-state index contributed by atoms with van der Waals surface area (Å²) in [7, 11) is 0. The Balaban J connectivity index is 2.42. The molecule has 0 bridgehead atoms. The number of benzene rings is 1. The number of para-hydroxylation sites is 1. The van der Waals surface area contributed by atoms with Crippen molar-refractivity contribution in [3.63, 3.8) is 0 Å². The van der Waals surface area contributed by atoms with Crippen LogP contribution in [0, 0.1) is 0 Å². The van der Waals surface area contributed by atoms with Crippen molar-refractivity contribution >= 4 is 23.2 Å². The van der Waals surface area contributed by atoms with E-state index in [4.69, 9.17) is 11.6 Å². The average Bonchev–Trinajstić information content (AvgIpc) is 2.33. The van der Waals surface area contributed by atoms with Crippen molar-refractivity contribution in [1.82, 2.24) is 4.90 Å². The van der Waals surface area contributed by atoms with Crippen molar-refractivity contribution in [2.45, 2.75) is 20.3 Å². The minimum Gasteiger partial charge on any atom is -0.325 e. The van der Waals surface area contributed by atoms with Crippen LogP contribution < -0.4 is 5.32 Å². The van der Waals surface area contributed by atoms with Gasteiger partial charge >= 0.3 is 0 Å². The number of nitrogens with zero attached hydrogens (tertiary/aromatic N) is 1. The molecule has 0 unspecified atom stereocenters. The van der Waals surface area contributed by atoms with Crippen molar-refractivity contribution in [2.75, 3.05) is 25.0 Å². The monoisotopic (exact) mass is 254 g/mol. The third-order valence-corrected chi connectivity index (χ3v) is 3.03. The molecule has 0 aromatic heterocycles. The standard InChI is InChI=1S/C13H19ClN2O/c1-3-16(4-2)10-9-13(17)15-12-8-6-5-7-11(12)14/h5-8H,3-4,9-10H2,1-2H3,(H,15,17). The lowest BCUT2D eigenvalue weighted by molar-refractivity contribution is -0.116. The van der Waals surface area contributed by atoms with E-state index in [1.54, 1.807) is 12.1 Å². The molecule has 0 saturated heterocycles. The first-order valence-electron chi connectivity index (χ1n) is 5.94. The Kier molecular flexibility index (Phi) is 6.01. The van der Waals surface area contributed by atoms with Crippen LogP contribution in [-0.4, -0.2) is 30.4 Å². The number of amides is 1. The summed E-state index contributed by atoms with van der Waals surface area (Å²) in [5.74, 6) is 0.00463. The van der Waals surface area contributed by atoms with E-state index in [0.29, 0.717) is 17.1 Å². The molecule has 0 aliphatic carbocycles. The number of carbonyl (C=O) groups excluding carboxylic acids is 1. The molecule has 1 aromatic rings. The van der Waals surface area contributed by atoms with E-state index in [0.717, 1.165) is 19.6 Å². The van der Waals surface area contributed by atoms with Crippen LogP contribution in [0.1, 0.15) is 20.3 Å². The van der Waals surface area contributed by atoms with Crippen LogP contribution >= 0.6 is 11.6 Å². The number of hydrogen-bond acceptors (Lipinski definition) is 2. The summed E-state index contributed by atoms with van der Waals surface area (Å²) in [5.41, 5.74) is 0.679. The lowest BCUT2D eigenvalue weighted by Crippen LogP contribution is -2.27. The normalized spacial score (nSPS) is 10.6. The first-order valence-corrected chi connectivity index (χ1v) is 6.31. The molecule has 1 amide bonds. The number of rotatable bonds is 6. The molecule has 3 nitrogen and oxygen atoms in total. The zero-order chi connectivity index (χ0) is 12.7. The van der Waals surface area contributed by atoms with Gasteiger partial charge in [0.1, 0.15) is 0 Å². The van der Waals surface area contributed by atoms with Gasteiger partial charge in [-0.05, 0) is 25.2 Å². The summed E-state index contributed by atoms with van der Waals surface area (Å²) < 4.78 is 0. The fraction of sp³-hybridized carbons (Fsp3) is 0.462. The van der Waals surface area contributed by atoms with E-state index in [9.17, 15) is 4.79 Å². The third kappa shape index (κ3) is 4.75. The van der Waals surface area contributed by atoms with Crippen LogP contribution in [0.4, 0.5) is 5.69 Å². The second kappa shape index (κ2) is 7.30. The Morgan fingerprint density at radius 3 is 2.53 bits per heavy atom. The molecule has 94 valence electrons. The number of anilines is 1. The highest BCUT2D eigenvalue weighted by Crippen LogP contribution is 2.20. The highest BCUT2D eigenvalue weighted by Gasteiger charge is 2.07. The second-order valence-corrected chi connectivity index (χ2v) is 4.21.